The molecule has 18 heavy (non-hydrogen) atoms. The zero-order chi connectivity index (χ0) is 13.3. The first-order valence-electron chi connectivity index (χ1n) is 5.61. The second-order valence-corrected chi connectivity index (χ2v) is 4.90. The molecule has 0 bridgehead atoms. The molecule has 2 atom stereocenters. The van der Waals surface area contributed by atoms with Crippen molar-refractivity contribution in [2.75, 3.05) is 5.32 Å². The molecule has 1 aliphatic rings. The molecule has 96 valence electrons. The average Bonchev–Trinajstić information content (AvgIpc) is 3.08. The summed E-state index contributed by atoms with van der Waals surface area (Å²) >= 11 is 6.03. The highest BCUT2D eigenvalue weighted by Gasteiger charge is 2.39. The minimum atomic E-state index is -0.0226. The van der Waals surface area contributed by atoms with Gasteiger partial charge in [0.05, 0.1) is 10.7 Å². The molecule has 0 aliphatic heterocycles. The van der Waals surface area contributed by atoms with Crippen LogP contribution in [0.3, 0.4) is 0 Å². The van der Waals surface area contributed by atoms with Gasteiger partial charge in [-0.1, -0.05) is 23.7 Å². The van der Waals surface area contributed by atoms with Crippen molar-refractivity contribution < 1.29 is 10.0 Å². The van der Waals surface area contributed by atoms with Crippen LogP contribution in [-0.2, 0) is 4.79 Å². The van der Waals surface area contributed by atoms with Gasteiger partial charge in [0.1, 0.15) is 0 Å². The van der Waals surface area contributed by atoms with Gasteiger partial charge in [-0.15, -0.1) is 0 Å². The summed E-state index contributed by atoms with van der Waals surface area (Å²) in [6.45, 7) is 2.04. The fourth-order valence-corrected chi connectivity index (χ4v) is 1.97. The molecule has 6 heteroatoms. The SMILES string of the molecule is CC1CC1C(=O)Nc1ccc(/C(N)=N/O)cc1Cl. The largest absolute Gasteiger partial charge is 0.409 e. The van der Waals surface area contributed by atoms with Gasteiger partial charge in [-0.25, -0.2) is 0 Å². The molecule has 2 rings (SSSR count). The first-order chi connectivity index (χ1) is 8.52. The van der Waals surface area contributed by atoms with Gasteiger partial charge in [0.2, 0.25) is 5.91 Å². The molecule has 0 aromatic heterocycles. The number of nitrogens with one attached hydrogen (secondary N) is 1. The molecule has 1 amide bonds. The smallest absolute Gasteiger partial charge is 0.227 e. The van der Waals surface area contributed by atoms with Gasteiger partial charge in [0.25, 0.3) is 0 Å². The highest BCUT2D eigenvalue weighted by atomic mass is 35.5. The van der Waals surface area contributed by atoms with E-state index in [9.17, 15) is 4.79 Å². The zero-order valence-electron chi connectivity index (χ0n) is 9.85. The number of benzene rings is 1. The molecular weight excluding hydrogens is 254 g/mol. The summed E-state index contributed by atoms with van der Waals surface area (Å²) < 4.78 is 0. The van der Waals surface area contributed by atoms with E-state index >= 15 is 0 Å². The van der Waals surface area contributed by atoms with Gasteiger partial charge in [-0.2, -0.15) is 0 Å². The third-order valence-corrected chi connectivity index (χ3v) is 3.39. The molecule has 1 aromatic rings. The fourth-order valence-electron chi connectivity index (χ4n) is 1.75. The van der Waals surface area contributed by atoms with Crippen LogP contribution >= 0.6 is 11.6 Å². The maximum atomic E-state index is 11.8. The second kappa shape index (κ2) is 4.86. The fraction of sp³-hybridized carbons (Fsp3) is 0.333. The normalized spacial score (nSPS) is 22.7. The number of oxime groups is 1. The molecule has 0 radical (unpaired) electrons. The number of anilines is 1. The predicted molar refractivity (Wildman–Crippen MR) is 69.9 cm³/mol. The topological polar surface area (TPSA) is 87.7 Å². The zero-order valence-corrected chi connectivity index (χ0v) is 10.6. The molecule has 1 aliphatic carbocycles. The Morgan fingerprint density at radius 1 is 1.61 bits per heavy atom. The lowest BCUT2D eigenvalue weighted by molar-refractivity contribution is -0.117. The summed E-state index contributed by atoms with van der Waals surface area (Å²) in [5.74, 6) is 0.497. The standard InChI is InChI=1S/C12H14ClN3O2/c1-6-4-8(6)12(17)15-10-3-2-7(5-9(10)13)11(14)16-18/h2-3,5-6,8,18H,4H2,1H3,(H2,14,16)(H,15,17). The van der Waals surface area contributed by atoms with E-state index in [2.05, 4.69) is 10.5 Å². The molecule has 0 spiro atoms. The Balaban J connectivity index is 2.12. The quantitative estimate of drug-likeness (QED) is 0.339. The number of halogens is 1. The van der Waals surface area contributed by atoms with Gasteiger partial charge < -0.3 is 16.3 Å². The van der Waals surface area contributed by atoms with E-state index in [1.165, 1.54) is 0 Å². The van der Waals surface area contributed by atoms with Crippen LogP contribution in [0, 0.1) is 11.8 Å². The van der Waals surface area contributed by atoms with Crippen LogP contribution in [0.4, 0.5) is 5.69 Å². The maximum absolute atomic E-state index is 11.8. The lowest BCUT2D eigenvalue weighted by Crippen LogP contribution is -2.16. The van der Waals surface area contributed by atoms with Gasteiger partial charge in [-0.3, -0.25) is 4.79 Å². The molecule has 1 aromatic carbocycles. The van der Waals surface area contributed by atoms with E-state index in [0.717, 1.165) is 6.42 Å². The predicted octanol–water partition coefficient (Wildman–Crippen LogP) is 2.03. The molecule has 1 fully saturated rings. The highest BCUT2D eigenvalue weighted by molar-refractivity contribution is 6.34. The molecule has 1 saturated carbocycles. The third-order valence-electron chi connectivity index (χ3n) is 3.08. The van der Waals surface area contributed by atoms with Crippen LogP contribution < -0.4 is 11.1 Å². The summed E-state index contributed by atoms with van der Waals surface area (Å²) in [5, 5.41) is 14.6. The first-order valence-corrected chi connectivity index (χ1v) is 5.99. The van der Waals surface area contributed by atoms with Gasteiger partial charge in [0, 0.05) is 11.5 Å². The monoisotopic (exact) mass is 267 g/mol. The molecule has 0 heterocycles. The van der Waals surface area contributed by atoms with Crippen LogP contribution in [-0.4, -0.2) is 17.0 Å². The molecule has 4 N–H and O–H groups in total. The van der Waals surface area contributed by atoms with Crippen molar-refractivity contribution in [3.63, 3.8) is 0 Å². The molecular formula is C12H14ClN3O2. The van der Waals surface area contributed by atoms with Crippen molar-refractivity contribution >= 4 is 29.0 Å². The number of nitrogens with two attached hydrogens (primary N) is 1. The van der Waals surface area contributed by atoms with E-state index in [-0.39, 0.29) is 17.7 Å². The van der Waals surface area contributed by atoms with Crippen molar-refractivity contribution in [3.05, 3.63) is 28.8 Å². The van der Waals surface area contributed by atoms with E-state index in [4.69, 9.17) is 22.5 Å². The van der Waals surface area contributed by atoms with E-state index in [1.807, 2.05) is 6.92 Å². The minimum Gasteiger partial charge on any atom is -0.409 e. The summed E-state index contributed by atoms with van der Waals surface area (Å²) in [7, 11) is 0. The maximum Gasteiger partial charge on any atom is 0.227 e. The Kier molecular flexibility index (Phi) is 3.43. The summed E-state index contributed by atoms with van der Waals surface area (Å²) in [6, 6.07) is 4.82. The lowest BCUT2D eigenvalue weighted by atomic mass is 10.2. The van der Waals surface area contributed by atoms with Crippen molar-refractivity contribution in [1.82, 2.24) is 0 Å². The Morgan fingerprint density at radius 2 is 2.28 bits per heavy atom. The van der Waals surface area contributed by atoms with Crippen LogP contribution in [0.15, 0.2) is 23.4 Å². The number of amides is 1. The number of nitrogens with zero attached hydrogens (tertiary/aromatic N) is 1. The molecule has 0 saturated heterocycles. The highest BCUT2D eigenvalue weighted by Crippen LogP contribution is 2.39. The van der Waals surface area contributed by atoms with E-state index < -0.39 is 0 Å². The number of hydrogen-bond donors (Lipinski definition) is 3. The van der Waals surface area contributed by atoms with Crippen LogP contribution in [0.1, 0.15) is 18.9 Å². The summed E-state index contributed by atoms with van der Waals surface area (Å²) in [6.07, 6.45) is 0.922. The number of amidine groups is 1. The van der Waals surface area contributed by atoms with Gasteiger partial charge in [0.15, 0.2) is 5.84 Å². The summed E-state index contributed by atoms with van der Waals surface area (Å²) in [4.78, 5) is 11.8. The van der Waals surface area contributed by atoms with Gasteiger partial charge >= 0.3 is 0 Å². The third kappa shape index (κ3) is 2.56. The van der Waals surface area contributed by atoms with Crippen molar-refractivity contribution in [1.29, 1.82) is 0 Å². The van der Waals surface area contributed by atoms with E-state index in [1.54, 1.807) is 18.2 Å². The van der Waals surface area contributed by atoms with Crippen molar-refractivity contribution in [2.45, 2.75) is 13.3 Å². The molecule has 5 nitrogen and oxygen atoms in total. The Labute approximate surface area is 110 Å². The van der Waals surface area contributed by atoms with Crippen molar-refractivity contribution in [3.8, 4) is 0 Å². The van der Waals surface area contributed by atoms with E-state index in [0.29, 0.717) is 22.2 Å². The number of rotatable bonds is 3. The number of carbonyl (C=O) groups excluding carboxylic acids is 1. The van der Waals surface area contributed by atoms with Crippen LogP contribution in [0.2, 0.25) is 5.02 Å². The average molecular weight is 268 g/mol. The molecule has 2 unspecified atom stereocenters. The lowest BCUT2D eigenvalue weighted by Gasteiger charge is -2.08. The number of carbonyl (C=O) groups is 1. The van der Waals surface area contributed by atoms with Crippen LogP contribution in [0.25, 0.3) is 0 Å². The van der Waals surface area contributed by atoms with Gasteiger partial charge in [-0.05, 0) is 30.5 Å². The first kappa shape index (κ1) is 12.7. The minimum absolute atomic E-state index is 0.0130. The van der Waals surface area contributed by atoms with Crippen molar-refractivity contribution in [2.24, 2.45) is 22.7 Å². The Hall–Kier alpha value is -1.75. The van der Waals surface area contributed by atoms with Crippen LogP contribution in [0.5, 0.6) is 0 Å². The summed E-state index contributed by atoms with van der Waals surface area (Å²) in [5.41, 5.74) is 6.48. The second-order valence-electron chi connectivity index (χ2n) is 4.49. The Morgan fingerprint density at radius 3 is 2.78 bits per heavy atom. The Bertz CT molecular complexity index is 516. The number of hydrogen-bond acceptors (Lipinski definition) is 3.